The molecule has 1 heterocycles. The van der Waals surface area contributed by atoms with Gasteiger partial charge in [-0.1, -0.05) is 12.1 Å². The number of para-hydroxylation sites is 2. The first-order valence-corrected chi connectivity index (χ1v) is 9.22. The number of rotatable bonds is 4. The topological polar surface area (TPSA) is 107 Å². The van der Waals surface area contributed by atoms with Gasteiger partial charge in [-0.15, -0.1) is 0 Å². The molecule has 2 aromatic rings. The minimum Gasteiger partial charge on any atom is -0.372 e. The Bertz CT molecular complexity index is 1000. The Labute approximate surface area is 150 Å². The summed E-state index contributed by atoms with van der Waals surface area (Å²) in [5, 5.41) is 11.0. The zero-order valence-electron chi connectivity index (χ0n) is 14.1. The molecule has 8 nitrogen and oxygen atoms in total. The zero-order valence-corrected chi connectivity index (χ0v) is 14.9. The standard InChI is InChI=1S/C17H16N2O6S/c1-11-9-13-10-14(7-8-15(13)18(11)12(2)20)26(23,24)25-17-6-4-3-5-16(17)19(21)22/h3-8,10-11H,9H2,1-2H3. The maximum absolute atomic E-state index is 12.5. The van der Waals surface area contributed by atoms with E-state index < -0.39 is 20.7 Å². The van der Waals surface area contributed by atoms with Crippen LogP contribution in [0.3, 0.4) is 0 Å². The Hall–Kier alpha value is -2.94. The summed E-state index contributed by atoms with van der Waals surface area (Å²) in [5.74, 6) is -0.472. The van der Waals surface area contributed by atoms with Gasteiger partial charge in [0.1, 0.15) is 4.90 Å². The third kappa shape index (κ3) is 3.13. The number of carbonyl (C=O) groups excluding carboxylic acids is 1. The Morgan fingerprint density at radius 2 is 1.96 bits per heavy atom. The third-order valence-corrected chi connectivity index (χ3v) is 5.39. The summed E-state index contributed by atoms with van der Waals surface area (Å²) in [7, 11) is -4.25. The van der Waals surface area contributed by atoms with Crippen LogP contribution in [0.2, 0.25) is 0 Å². The summed E-state index contributed by atoms with van der Waals surface area (Å²) in [6.07, 6.45) is 0.518. The molecule has 9 heteroatoms. The van der Waals surface area contributed by atoms with Crippen molar-refractivity contribution in [3.05, 3.63) is 58.1 Å². The molecule has 0 bridgehead atoms. The summed E-state index contributed by atoms with van der Waals surface area (Å²) in [5.41, 5.74) is 0.934. The Morgan fingerprint density at radius 1 is 1.27 bits per heavy atom. The second-order valence-electron chi connectivity index (χ2n) is 5.99. The van der Waals surface area contributed by atoms with Crippen LogP contribution in [0.5, 0.6) is 5.75 Å². The minimum atomic E-state index is -4.25. The number of carbonyl (C=O) groups is 1. The quantitative estimate of drug-likeness (QED) is 0.461. The number of hydrogen-bond acceptors (Lipinski definition) is 6. The van der Waals surface area contributed by atoms with Crippen molar-refractivity contribution < 1.29 is 22.3 Å². The number of benzene rings is 2. The van der Waals surface area contributed by atoms with Gasteiger partial charge in [-0.25, -0.2) is 0 Å². The van der Waals surface area contributed by atoms with E-state index in [0.29, 0.717) is 17.7 Å². The second kappa shape index (κ2) is 6.41. The van der Waals surface area contributed by atoms with Gasteiger partial charge in [0.05, 0.1) is 4.92 Å². The van der Waals surface area contributed by atoms with Crippen LogP contribution in [0.25, 0.3) is 0 Å². The van der Waals surface area contributed by atoms with Gasteiger partial charge in [0.25, 0.3) is 0 Å². The molecule has 0 N–H and O–H groups in total. The molecular formula is C17H16N2O6S. The van der Waals surface area contributed by atoms with Crippen LogP contribution >= 0.6 is 0 Å². The van der Waals surface area contributed by atoms with Gasteiger partial charge in [0.15, 0.2) is 0 Å². The monoisotopic (exact) mass is 376 g/mol. The predicted octanol–water partition coefficient (Wildman–Crippen LogP) is 2.66. The van der Waals surface area contributed by atoms with Gasteiger partial charge in [0.2, 0.25) is 11.7 Å². The van der Waals surface area contributed by atoms with Gasteiger partial charge >= 0.3 is 15.8 Å². The lowest BCUT2D eigenvalue weighted by molar-refractivity contribution is -0.385. The highest BCUT2D eigenvalue weighted by Gasteiger charge is 2.31. The van der Waals surface area contributed by atoms with E-state index in [1.54, 1.807) is 11.0 Å². The molecule has 1 unspecified atom stereocenters. The van der Waals surface area contributed by atoms with Gasteiger partial charge < -0.3 is 9.08 Å². The summed E-state index contributed by atoms with van der Waals surface area (Å²) < 4.78 is 30.1. The van der Waals surface area contributed by atoms with E-state index in [0.717, 1.165) is 0 Å². The van der Waals surface area contributed by atoms with E-state index in [1.165, 1.54) is 43.3 Å². The molecule has 1 aliphatic heterocycles. The highest BCUT2D eigenvalue weighted by molar-refractivity contribution is 7.87. The first-order chi connectivity index (χ1) is 12.2. The molecule has 0 spiro atoms. The second-order valence-corrected chi connectivity index (χ2v) is 7.54. The van der Waals surface area contributed by atoms with Crippen molar-refractivity contribution in [1.82, 2.24) is 0 Å². The smallest absolute Gasteiger partial charge is 0.339 e. The fourth-order valence-electron chi connectivity index (χ4n) is 3.09. The molecule has 1 aliphatic rings. The number of anilines is 1. The maximum atomic E-state index is 12.5. The fraction of sp³-hybridized carbons (Fsp3) is 0.235. The number of nitro benzene ring substituents is 1. The van der Waals surface area contributed by atoms with E-state index in [9.17, 15) is 23.3 Å². The molecule has 0 saturated carbocycles. The SMILES string of the molecule is CC(=O)N1c2ccc(S(=O)(=O)Oc3ccccc3[N+](=O)[O-])cc2CC1C. The normalized spacial score (nSPS) is 16.2. The van der Waals surface area contributed by atoms with E-state index in [2.05, 4.69) is 0 Å². The lowest BCUT2D eigenvalue weighted by Crippen LogP contribution is -2.33. The van der Waals surface area contributed by atoms with Crippen LogP contribution in [0.15, 0.2) is 47.4 Å². The average Bonchev–Trinajstić information content (AvgIpc) is 2.89. The average molecular weight is 376 g/mol. The fourth-order valence-corrected chi connectivity index (χ4v) is 4.08. The first kappa shape index (κ1) is 17.9. The number of amides is 1. The molecule has 2 aromatic carbocycles. The number of hydrogen-bond donors (Lipinski definition) is 0. The van der Waals surface area contributed by atoms with Crippen molar-refractivity contribution in [2.24, 2.45) is 0 Å². The number of nitrogens with zero attached hydrogens (tertiary/aromatic N) is 2. The van der Waals surface area contributed by atoms with Crippen LogP contribution in [0, 0.1) is 10.1 Å². The zero-order chi connectivity index (χ0) is 19.1. The van der Waals surface area contributed by atoms with E-state index in [4.69, 9.17) is 4.18 Å². The predicted molar refractivity (Wildman–Crippen MR) is 93.7 cm³/mol. The van der Waals surface area contributed by atoms with Gasteiger partial charge in [-0.2, -0.15) is 8.42 Å². The molecule has 0 aromatic heterocycles. The molecular weight excluding hydrogens is 360 g/mol. The van der Waals surface area contributed by atoms with Gasteiger partial charge in [-0.3, -0.25) is 14.9 Å². The van der Waals surface area contributed by atoms with Crippen LogP contribution in [0.1, 0.15) is 19.4 Å². The summed E-state index contributed by atoms with van der Waals surface area (Å²) in [6.45, 7) is 3.33. The molecule has 1 atom stereocenters. The van der Waals surface area contributed by atoms with Crippen molar-refractivity contribution in [2.45, 2.75) is 31.2 Å². The van der Waals surface area contributed by atoms with Crippen molar-refractivity contribution in [1.29, 1.82) is 0 Å². The highest BCUT2D eigenvalue weighted by atomic mass is 32.2. The van der Waals surface area contributed by atoms with Crippen molar-refractivity contribution in [3.8, 4) is 5.75 Å². The van der Waals surface area contributed by atoms with E-state index >= 15 is 0 Å². The Kier molecular flexibility index (Phi) is 4.41. The molecule has 0 aliphatic carbocycles. The largest absolute Gasteiger partial charge is 0.372 e. The van der Waals surface area contributed by atoms with Crippen molar-refractivity contribution in [3.63, 3.8) is 0 Å². The third-order valence-electron chi connectivity index (χ3n) is 4.16. The van der Waals surface area contributed by atoms with Crippen LogP contribution in [0.4, 0.5) is 11.4 Å². The maximum Gasteiger partial charge on any atom is 0.339 e. The lowest BCUT2D eigenvalue weighted by Gasteiger charge is -2.20. The van der Waals surface area contributed by atoms with Crippen LogP contribution in [-0.2, 0) is 21.3 Å². The van der Waals surface area contributed by atoms with Crippen LogP contribution < -0.4 is 9.08 Å². The minimum absolute atomic E-state index is 0.0726. The number of fused-ring (bicyclic) bond motifs is 1. The lowest BCUT2D eigenvalue weighted by atomic mass is 10.1. The van der Waals surface area contributed by atoms with E-state index in [1.807, 2.05) is 6.92 Å². The Morgan fingerprint density at radius 3 is 2.62 bits per heavy atom. The molecule has 0 fully saturated rings. The highest BCUT2D eigenvalue weighted by Crippen LogP contribution is 2.35. The number of nitro groups is 1. The van der Waals surface area contributed by atoms with Crippen molar-refractivity contribution in [2.75, 3.05) is 4.90 Å². The molecule has 136 valence electrons. The van der Waals surface area contributed by atoms with Gasteiger partial charge in [0, 0.05) is 24.7 Å². The molecule has 0 saturated heterocycles. The van der Waals surface area contributed by atoms with Crippen molar-refractivity contribution >= 4 is 27.4 Å². The molecule has 3 rings (SSSR count). The van der Waals surface area contributed by atoms with Crippen LogP contribution in [-0.4, -0.2) is 25.3 Å². The first-order valence-electron chi connectivity index (χ1n) is 7.81. The summed E-state index contributed by atoms with van der Waals surface area (Å²) >= 11 is 0. The summed E-state index contributed by atoms with van der Waals surface area (Å²) in [4.78, 5) is 23.6. The molecule has 0 radical (unpaired) electrons. The molecule has 1 amide bonds. The Balaban J connectivity index is 1.97. The van der Waals surface area contributed by atoms with E-state index in [-0.39, 0.29) is 22.6 Å². The van der Waals surface area contributed by atoms with Gasteiger partial charge in [-0.05, 0) is 43.2 Å². The molecule has 26 heavy (non-hydrogen) atoms. The summed E-state index contributed by atoms with van der Waals surface area (Å²) in [6, 6.07) is 9.52.